The van der Waals surface area contributed by atoms with Crippen LogP contribution in [0.15, 0.2) is 24.3 Å². The van der Waals surface area contributed by atoms with E-state index in [1.54, 1.807) is 12.1 Å². The van der Waals surface area contributed by atoms with Gasteiger partial charge in [0.05, 0.1) is 0 Å². The molecular formula is C16H23FN2. The average Bonchev–Trinajstić information content (AvgIpc) is 3.22. The van der Waals surface area contributed by atoms with Crippen molar-refractivity contribution in [1.29, 1.82) is 0 Å². The summed E-state index contributed by atoms with van der Waals surface area (Å²) in [6, 6.07) is 7.96. The Hall–Kier alpha value is -1.09. The first-order valence-corrected chi connectivity index (χ1v) is 7.50. The van der Waals surface area contributed by atoms with E-state index < -0.39 is 0 Å². The largest absolute Gasteiger partial charge is 0.368 e. The molecule has 2 aliphatic rings. The van der Waals surface area contributed by atoms with E-state index in [0.29, 0.717) is 12.1 Å². The summed E-state index contributed by atoms with van der Waals surface area (Å²) >= 11 is 0. The maximum atomic E-state index is 13.1. The molecule has 0 spiro atoms. The second kappa shape index (κ2) is 5.49. The second-order valence-corrected chi connectivity index (χ2v) is 6.14. The number of nitrogens with zero attached hydrogens (tertiary/aromatic N) is 1. The molecule has 2 fully saturated rings. The lowest BCUT2D eigenvalue weighted by atomic mass is 9.90. The molecule has 19 heavy (non-hydrogen) atoms. The Morgan fingerprint density at radius 3 is 2.21 bits per heavy atom. The molecule has 0 unspecified atom stereocenters. The van der Waals surface area contributed by atoms with Gasteiger partial charge in [0.15, 0.2) is 0 Å². The van der Waals surface area contributed by atoms with Crippen LogP contribution in [0.1, 0.15) is 38.5 Å². The zero-order valence-electron chi connectivity index (χ0n) is 11.4. The standard InChI is InChI=1S/C16H23FN2/c17-13-3-7-15(8-4-13)19(11-12-1-2-12)16-9-5-14(18)6-10-16/h3-4,7-8,12,14,16H,1-2,5-6,9-11,18H2/t14-,16+. The lowest BCUT2D eigenvalue weighted by Gasteiger charge is -2.38. The van der Waals surface area contributed by atoms with E-state index in [4.69, 9.17) is 5.73 Å². The smallest absolute Gasteiger partial charge is 0.123 e. The van der Waals surface area contributed by atoms with Crippen molar-refractivity contribution in [3.63, 3.8) is 0 Å². The number of anilines is 1. The minimum atomic E-state index is -0.152. The van der Waals surface area contributed by atoms with Crippen molar-refractivity contribution in [2.45, 2.75) is 50.6 Å². The van der Waals surface area contributed by atoms with Crippen molar-refractivity contribution >= 4 is 5.69 Å². The molecule has 0 radical (unpaired) electrons. The van der Waals surface area contributed by atoms with Gasteiger partial charge in [-0.25, -0.2) is 4.39 Å². The minimum Gasteiger partial charge on any atom is -0.368 e. The molecular weight excluding hydrogens is 239 g/mol. The zero-order chi connectivity index (χ0) is 13.2. The topological polar surface area (TPSA) is 29.3 Å². The predicted octanol–water partition coefficient (Wildman–Crippen LogP) is 3.31. The molecule has 2 saturated carbocycles. The number of nitrogens with two attached hydrogens (primary N) is 1. The highest BCUT2D eigenvalue weighted by molar-refractivity contribution is 5.47. The van der Waals surface area contributed by atoms with Crippen LogP contribution in [-0.4, -0.2) is 18.6 Å². The van der Waals surface area contributed by atoms with Crippen LogP contribution in [0.3, 0.4) is 0 Å². The van der Waals surface area contributed by atoms with E-state index in [1.165, 1.54) is 31.4 Å². The van der Waals surface area contributed by atoms with Crippen LogP contribution < -0.4 is 10.6 Å². The van der Waals surface area contributed by atoms with Gasteiger partial charge >= 0.3 is 0 Å². The molecule has 0 amide bonds. The summed E-state index contributed by atoms with van der Waals surface area (Å²) in [6.07, 6.45) is 7.28. The summed E-state index contributed by atoms with van der Waals surface area (Å²) in [4.78, 5) is 2.50. The highest BCUT2D eigenvalue weighted by atomic mass is 19.1. The number of rotatable bonds is 4. The van der Waals surface area contributed by atoms with Crippen LogP contribution in [0.2, 0.25) is 0 Å². The molecule has 3 rings (SSSR count). The highest BCUT2D eigenvalue weighted by Gasteiger charge is 2.30. The molecule has 0 aliphatic heterocycles. The maximum Gasteiger partial charge on any atom is 0.123 e. The summed E-state index contributed by atoms with van der Waals surface area (Å²) in [6.45, 7) is 1.13. The fourth-order valence-electron chi connectivity index (χ4n) is 3.09. The Bertz CT molecular complexity index is 405. The predicted molar refractivity (Wildman–Crippen MR) is 76.7 cm³/mol. The Morgan fingerprint density at radius 1 is 1.00 bits per heavy atom. The number of hydrogen-bond donors (Lipinski definition) is 1. The quantitative estimate of drug-likeness (QED) is 0.902. The molecule has 1 aromatic carbocycles. The van der Waals surface area contributed by atoms with Gasteiger partial charge in [0, 0.05) is 24.3 Å². The zero-order valence-corrected chi connectivity index (χ0v) is 11.4. The van der Waals surface area contributed by atoms with Crippen LogP contribution >= 0.6 is 0 Å². The van der Waals surface area contributed by atoms with Crippen molar-refractivity contribution in [2.75, 3.05) is 11.4 Å². The van der Waals surface area contributed by atoms with Crippen LogP contribution in [0.4, 0.5) is 10.1 Å². The first-order valence-electron chi connectivity index (χ1n) is 7.50. The van der Waals surface area contributed by atoms with Gasteiger partial charge in [0.2, 0.25) is 0 Å². The van der Waals surface area contributed by atoms with E-state index >= 15 is 0 Å². The fraction of sp³-hybridized carbons (Fsp3) is 0.625. The van der Waals surface area contributed by atoms with Gasteiger partial charge < -0.3 is 10.6 Å². The third kappa shape index (κ3) is 3.27. The average molecular weight is 262 g/mol. The normalized spacial score (nSPS) is 27.3. The number of benzene rings is 1. The molecule has 2 nitrogen and oxygen atoms in total. The first kappa shape index (κ1) is 12.9. The van der Waals surface area contributed by atoms with E-state index in [2.05, 4.69) is 4.90 Å². The van der Waals surface area contributed by atoms with Gasteiger partial charge in [-0.1, -0.05) is 0 Å². The van der Waals surface area contributed by atoms with Crippen LogP contribution in [0, 0.1) is 11.7 Å². The SMILES string of the molecule is N[C@H]1CC[C@@H](N(CC2CC2)c2ccc(F)cc2)CC1. The molecule has 0 atom stereocenters. The molecule has 104 valence electrons. The van der Waals surface area contributed by atoms with Crippen LogP contribution in [0.5, 0.6) is 0 Å². The molecule has 1 aromatic rings. The summed E-state index contributed by atoms with van der Waals surface area (Å²) in [5.74, 6) is 0.696. The Labute approximate surface area is 114 Å². The first-order chi connectivity index (χ1) is 9.22. The van der Waals surface area contributed by atoms with Gasteiger partial charge in [-0.3, -0.25) is 0 Å². The Morgan fingerprint density at radius 2 is 1.63 bits per heavy atom. The fourth-order valence-corrected chi connectivity index (χ4v) is 3.09. The van der Waals surface area contributed by atoms with Crippen molar-refractivity contribution in [1.82, 2.24) is 0 Å². The van der Waals surface area contributed by atoms with Gasteiger partial charge in [-0.15, -0.1) is 0 Å². The molecule has 0 bridgehead atoms. The van der Waals surface area contributed by atoms with Gasteiger partial charge in [0.25, 0.3) is 0 Å². The molecule has 0 aromatic heterocycles. The second-order valence-electron chi connectivity index (χ2n) is 6.14. The van der Waals surface area contributed by atoms with Crippen molar-refractivity contribution in [3.8, 4) is 0 Å². The lowest BCUT2D eigenvalue weighted by Crippen LogP contribution is -2.42. The maximum absolute atomic E-state index is 13.1. The van der Waals surface area contributed by atoms with Crippen LogP contribution in [-0.2, 0) is 0 Å². The number of hydrogen-bond acceptors (Lipinski definition) is 2. The molecule has 3 heteroatoms. The van der Waals surface area contributed by atoms with Gasteiger partial charge in [-0.2, -0.15) is 0 Å². The van der Waals surface area contributed by atoms with Crippen molar-refractivity contribution < 1.29 is 4.39 Å². The molecule has 2 aliphatic carbocycles. The summed E-state index contributed by atoms with van der Waals surface area (Å²) in [7, 11) is 0. The van der Waals surface area contributed by atoms with Crippen LogP contribution in [0.25, 0.3) is 0 Å². The monoisotopic (exact) mass is 262 g/mol. The Balaban J connectivity index is 1.74. The minimum absolute atomic E-state index is 0.152. The third-order valence-corrected chi connectivity index (χ3v) is 4.49. The van der Waals surface area contributed by atoms with Gasteiger partial charge in [0.1, 0.15) is 5.82 Å². The van der Waals surface area contributed by atoms with Crippen molar-refractivity contribution in [3.05, 3.63) is 30.1 Å². The number of halogens is 1. The molecule has 0 heterocycles. The molecule has 0 saturated heterocycles. The van der Waals surface area contributed by atoms with E-state index in [9.17, 15) is 4.39 Å². The third-order valence-electron chi connectivity index (χ3n) is 4.49. The van der Waals surface area contributed by atoms with Gasteiger partial charge in [-0.05, 0) is 68.7 Å². The summed E-state index contributed by atoms with van der Waals surface area (Å²) in [5.41, 5.74) is 7.18. The summed E-state index contributed by atoms with van der Waals surface area (Å²) < 4.78 is 13.1. The molecule has 2 N–H and O–H groups in total. The van der Waals surface area contributed by atoms with E-state index in [0.717, 1.165) is 25.3 Å². The van der Waals surface area contributed by atoms with Crippen molar-refractivity contribution in [2.24, 2.45) is 11.7 Å². The lowest BCUT2D eigenvalue weighted by molar-refractivity contribution is 0.373. The van der Waals surface area contributed by atoms with E-state index in [-0.39, 0.29) is 5.82 Å². The Kier molecular flexibility index (Phi) is 3.74. The van der Waals surface area contributed by atoms with E-state index in [1.807, 2.05) is 12.1 Å². The highest BCUT2D eigenvalue weighted by Crippen LogP contribution is 2.35. The summed E-state index contributed by atoms with van der Waals surface area (Å²) in [5, 5.41) is 0.